The second-order valence-corrected chi connectivity index (χ2v) is 9.08. The monoisotopic (exact) mass is 491 g/mol. The molecule has 34 heavy (non-hydrogen) atoms. The van der Waals surface area contributed by atoms with Crippen LogP contribution >= 0.6 is 11.3 Å². The number of anilines is 1. The van der Waals surface area contributed by atoms with E-state index in [-0.39, 0.29) is 17.9 Å². The van der Waals surface area contributed by atoms with E-state index in [1.54, 1.807) is 48.8 Å². The zero-order valence-corrected chi connectivity index (χ0v) is 20.9. The Morgan fingerprint density at radius 1 is 1.18 bits per heavy atom. The first-order valence-electron chi connectivity index (χ1n) is 10.9. The first-order valence-corrected chi connectivity index (χ1v) is 11.8. The highest BCUT2D eigenvalue weighted by atomic mass is 32.1. The molecule has 4 N–H and O–H groups in total. The molecule has 0 aliphatic rings. The lowest BCUT2D eigenvalue weighted by Crippen LogP contribution is -2.46. The van der Waals surface area contributed by atoms with E-state index in [0.717, 1.165) is 10.6 Å². The Bertz CT molecular complexity index is 915. The van der Waals surface area contributed by atoms with E-state index in [0.29, 0.717) is 24.4 Å². The quantitative estimate of drug-likeness (QED) is 0.413. The molecule has 1 aromatic carbocycles. The molecule has 0 unspecified atom stereocenters. The van der Waals surface area contributed by atoms with Gasteiger partial charge >= 0.3 is 0 Å². The van der Waals surface area contributed by atoms with E-state index in [1.807, 2.05) is 17.5 Å². The van der Waals surface area contributed by atoms with E-state index in [4.69, 9.17) is 10.5 Å². The van der Waals surface area contributed by atoms with Crippen LogP contribution in [0.15, 0.2) is 53.9 Å². The molecular formula is C25H34FN3O4S. The van der Waals surface area contributed by atoms with Crippen LogP contribution < -0.4 is 21.1 Å². The standard InChI is InChI=1S/C22H29N3O3S.C3H5FO/c1-15(2)13-17(25-22(27)20(23)14-19-5-4-12-29-19)8-11-21(26)24-16-6-9-18(28-3)10-7-16;1-3(5)2-4/h4-12,15,17,20H,13-14,23H2,1-3H3,(H,24,26)(H,25,27);2H2,1H3/b11-8+;/t17-,20+;/m1./s1. The molecule has 186 valence electrons. The minimum Gasteiger partial charge on any atom is -0.497 e. The molecule has 0 aliphatic carbocycles. The summed E-state index contributed by atoms with van der Waals surface area (Å²) in [5.74, 6) is 0.176. The minimum absolute atomic E-state index is 0.218. The Kier molecular flexibility index (Phi) is 13.4. The summed E-state index contributed by atoms with van der Waals surface area (Å²) in [4.78, 5) is 35.2. The van der Waals surface area contributed by atoms with Crippen LogP contribution in [-0.4, -0.2) is 43.5 Å². The first-order chi connectivity index (χ1) is 16.1. The molecule has 1 aromatic heterocycles. The number of thiophene rings is 1. The lowest BCUT2D eigenvalue weighted by atomic mass is 10.0. The maximum Gasteiger partial charge on any atom is 0.248 e. The third-order valence-electron chi connectivity index (χ3n) is 4.42. The molecule has 2 aromatic rings. The number of methoxy groups -OCH3 is 1. The summed E-state index contributed by atoms with van der Waals surface area (Å²) in [6.45, 7) is 4.51. The van der Waals surface area contributed by atoms with Crippen LogP contribution in [0.3, 0.4) is 0 Å². The number of rotatable bonds is 11. The van der Waals surface area contributed by atoms with Crippen LogP contribution in [0.1, 0.15) is 32.1 Å². The van der Waals surface area contributed by atoms with Crippen molar-refractivity contribution >= 4 is 34.6 Å². The van der Waals surface area contributed by atoms with Crippen molar-refractivity contribution in [3.8, 4) is 5.75 Å². The molecule has 2 rings (SSSR count). The second kappa shape index (κ2) is 15.7. The summed E-state index contributed by atoms with van der Waals surface area (Å²) >= 11 is 1.58. The van der Waals surface area contributed by atoms with Crippen LogP contribution in [0, 0.1) is 5.92 Å². The van der Waals surface area contributed by atoms with Crippen molar-refractivity contribution in [3.05, 3.63) is 58.8 Å². The van der Waals surface area contributed by atoms with Gasteiger partial charge < -0.3 is 21.1 Å². The van der Waals surface area contributed by atoms with E-state index in [9.17, 15) is 18.8 Å². The highest BCUT2D eigenvalue weighted by Crippen LogP contribution is 2.15. The van der Waals surface area contributed by atoms with Crippen LogP contribution in [-0.2, 0) is 20.8 Å². The van der Waals surface area contributed by atoms with Gasteiger partial charge in [-0.15, -0.1) is 11.3 Å². The number of benzene rings is 1. The number of carbonyl (C=O) groups is 3. The predicted octanol–water partition coefficient (Wildman–Crippen LogP) is 3.90. The highest BCUT2D eigenvalue weighted by molar-refractivity contribution is 7.09. The summed E-state index contributed by atoms with van der Waals surface area (Å²) in [5, 5.41) is 7.71. The molecule has 0 spiro atoms. The molecule has 9 heteroatoms. The molecule has 2 atom stereocenters. The molecule has 1 heterocycles. The lowest BCUT2D eigenvalue weighted by Gasteiger charge is -2.20. The van der Waals surface area contributed by atoms with Gasteiger partial charge in [-0.1, -0.05) is 26.0 Å². The number of ketones is 1. The van der Waals surface area contributed by atoms with Crippen LogP contribution in [0.2, 0.25) is 0 Å². The molecular weight excluding hydrogens is 457 g/mol. The van der Waals surface area contributed by atoms with E-state index >= 15 is 0 Å². The van der Waals surface area contributed by atoms with Gasteiger partial charge in [0.15, 0.2) is 5.78 Å². The number of nitrogens with two attached hydrogens (primary N) is 1. The number of halogens is 1. The van der Waals surface area contributed by atoms with Gasteiger partial charge in [-0.25, -0.2) is 4.39 Å². The van der Waals surface area contributed by atoms with Gasteiger partial charge in [-0.05, 0) is 55.0 Å². The number of nitrogens with one attached hydrogen (secondary N) is 2. The van der Waals surface area contributed by atoms with E-state index in [1.165, 1.54) is 13.0 Å². The summed E-state index contributed by atoms with van der Waals surface area (Å²) in [5.41, 5.74) is 6.72. The lowest BCUT2D eigenvalue weighted by molar-refractivity contribution is -0.123. The van der Waals surface area contributed by atoms with E-state index < -0.39 is 18.5 Å². The smallest absolute Gasteiger partial charge is 0.248 e. The maximum atomic E-state index is 12.5. The third-order valence-corrected chi connectivity index (χ3v) is 5.32. The summed E-state index contributed by atoms with van der Waals surface area (Å²) < 4.78 is 15.9. The van der Waals surface area contributed by atoms with Gasteiger partial charge in [0.1, 0.15) is 12.4 Å². The van der Waals surface area contributed by atoms with Crippen molar-refractivity contribution < 1.29 is 23.5 Å². The number of carbonyl (C=O) groups excluding carboxylic acids is 3. The fourth-order valence-electron chi connectivity index (χ4n) is 2.78. The normalized spacial score (nSPS) is 12.4. The zero-order valence-electron chi connectivity index (χ0n) is 20.0. The first kappa shape index (κ1) is 29.0. The van der Waals surface area contributed by atoms with Crippen molar-refractivity contribution in [2.45, 2.75) is 45.7 Å². The zero-order chi connectivity index (χ0) is 25.5. The molecule has 0 saturated carbocycles. The van der Waals surface area contributed by atoms with Crippen LogP contribution in [0.5, 0.6) is 5.75 Å². The maximum absolute atomic E-state index is 12.5. The molecule has 0 radical (unpaired) electrons. The molecule has 0 saturated heterocycles. The van der Waals surface area contributed by atoms with Crippen molar-refractivity contribution in [1.82, 2.24) is 5.32 Å². The topological polar surface area (TPSA) is 111 Å². The molecule has 2 amide bonds. The van der Waals surface area contributed by atoms with Crippen LogP contribution in [0.4, 0.5) is 10.1 Å². The highest BCUT2D eigenvalue weighted by Gasteiger charge is 2.18. The van der Waals surface area contributed by atoms with Crippen LogP contribution in [0.25, 0.3) is 0 Å². The fourth-order valence-corrected chi connectivity index (χ4v) is 3.55. The number of amides is 2. The average Bonchev–Trinajstić information content (AvgIpc) is 3.31. The van der Waals surface area contributed by atoms with Gasteiger partial charge in [-0.3, -0.25) is 14.4 Å². The van der Waals surface area contributed by atoms with Gasteiger partial charge in [0.25, 0.3) is 0 Å². The third kappa shape index (κ3) is 12.3. The summed E-state index contributed by atoms with van der Waals surface area (Å²) in [7, 11) is 1.59. The Balaban J connectivity index is 0.00000104. The largest absolute Gasteiger partial charge is 0.497 e. The number of Topliss-reactive ketones (excluding diaryl/α,β-unsaturated/α-hetero) is 1. The Hall–Kier alpha value is -3.04. The minimum atomic E-state index is -0.833. The van der Waals surface area contributed by atoms with Crippen molar-refractivity contribution in [2.75, 3.05) is 19.1 Å². The molecule has 0 fully saturated rings. The fraction of sp³-hybridized carbons (Fsp3) is 0.400. The van der Waals surface area contributed by atoms with Crippen molar-refractivity contribution in [3.63, 3.8) is 0 Å². The number of ether oxygens (including phenoxy) is 1. The predicted molar refractivity (Wildman–Crippen MR) is 135 cm³/mol. The summed E-state index contributed by atoms with van der Waals surface area (Å²) in [6.07, 6.45) is 4.38. The Labute approximate surface area is 204 Å². The SMILES string of the molecule is CC(=O)CF.COc1ccc(NC(=O)/C=C/[C@H](CC(C)C)NC(=O)[C@@H](N)Cc2cccs2)cc1. The van der Waals surface area contributed by atoms with Gasteiger partial charge in [0, 0.05) is 29.1 Å². The van der Waals surface area contributed by atoms with Gasteiger partial charge in [-0.2, -0.15) is 0 Å². The van der Waals surface area contributed by atoms with Crippen molar-refractivity contribution in [2.24, 2.45) is 11.7 Å². The Morgan fingerprint density at radius 2 is 1.82 bits per heavy atom. The Morgan fingerprint density at radius 3 is 2.32 bits per heavy atom. The number of hydrogen-bond donors (Lipinski definition) is 3. The molecule has 0 aliphatic heterocycles. The second-order valence-electron chi connectivity index (χ2n) is 8.05. The molecule has 0 bridgehead atoms. The van der Waals surface area contributed by atoms with Crippen molar-refractivity contribution in [1.29, 1.82) is 0 Å². The average molecular weight is 492 g/mol. The molecule has 7 nitrogen and oxygen atoms in total. The van der Waals surface area contributed by atoms with Gasteiger partial charge in [0.2, 0.25) is 11.8 Å². The van der Waals surface area contributed by atoms with E-state index in [2.05, 4.69) is 24.5 Å². The van der Waals surface area contributed by atoms with Gasteiger partial charge in [0.05, 0.1) is 13.2 Å². The number of hydrogen-bond acceptors (Lipinski definition) is 6. The summed E-state index contributed by atoms with van der Waals surface area (Å²) in [6, 6.07) is 10.1. The number of alkyl halides is 1.